The third-order valence-corrected chi connectivity index (χ3v) is 5.59. The van der Waals surface area contributed by atoms with Gasteiger partial charge in [0.2, 0.25) is 5.95 Å². The molecule has 2 heterocycles. The molecule has 0 aliphatic carbocycles. The Bertz CT molecular complexity index is 1330. The monoisotopic (exact) mass is 443 g/mol. The van der Waals surface area contributed by atoms with Crippen LogP contribution in [0.15, 0.2) is 72.8 Å². The van der Waals surface area contributed by atoms with Gasteiger partial charge in [0.25, 0.3) is 11.6 Å². The Morgan fingerprint density at radius 3 is 2.48 bits per heavy atom. The lowest BCUT2D eigenvalue weighted by molar-refractivity contribution is -0.384. The van der Waals surface area contributed by atoms with Crippen molar-refractivity contribution in [3.8, 4) is 5.69 Å². The molecular weight excluding hydrogens is 422 g/mol. The van der Waals surface area contributed by atoms with Crippen molar-refractivity contribution in [1.29, 1.82) is 0 Å². The Balaban J connectivity index is 1.50. The van der Waals surface area contributed by atoms with Crippen molar-refractivity contribution in [2.45, 2.75) is 0 Å². The van der Waals surface area contributed by atoms with Crippen LogP contribution in [-0.4, -0.2) is 46.7 Å². The van der Waals surface area contributed by atoms with E-state index in [2.05, 4.69) is 10.3 Å². The van der Waals surface area contributed by atoms with Gasteiger partial charge >= 0.3 is 0 Å². The lowest BCUT2D eigenvalue weighted by Crippen LogP contribution is -2.36. The van der Waals surface area contributed by atoms with Gasteiger partial charge in [-0.05, 0) is 36.4 Å². The second kappa shape index (κ2) is 8.71. The summed E-state index contributed by atoms with van der Waals surface area (Å²) in [6.07, 6.45) is 0. The Labute approximate surface area is 189 Å². The van der Waals surface area contributed by atoms with E-state index in [0.717, 1.165) is 16.7 Å². The highest BCUT2D eigenvalue weighted by atomic mass is 16.6. The van der Waals surface area contributed by atoms with Crippen LogP contribution < -0.4 is 10.2 Å². The molecule has 1 fully saturated rings. The number of hydrogen-bond donors (Lipinski definition) is 1. The van der Waals surface area contributed by atoms with E-state index in [1.807, 2.05) is 64.1 Å². The van der Waals surface area contributed by atoms with E-state index in [0.29, 0.717) is 37.9 Å². The number of nitrogens with zero attached hydrogens (tertiary/aromatic N) is 4. The number of benzene rings is 3. The largest absolute Gasteiger partial charge is 0.378 e. The molecule has 0 saturated carbocycles. The first-order valence-corrected chi connectivity index (χ1v) is 10.6. The number of nitro benzene ring substituents is 1. The molecule has 1 amide bonds. The number of anilines is 2. The van der Waals surface area contributed by atoms with Gasteiger partial charge in [-0.15, -0.1) is 0 Å². The van der Waals surface area contributed by atoms with Gasteiger partial charge in [0.1, 0.15) is 5.69 Å². The van der Waals surface area contributed by atoms with Gasteiger partial charge in [-0.25, -0.2) is 4.98 Å². The molecular formula is C24H21N5O4. The van der Waals surface area contributed by atoms with Crippen molar-refractivity contribution >= 4 is 34.3 Å². The van der Waals surface area contributed by atoms with Gasteiger partial charge in [0, 0.05) is 30.4 Å². The number of nitrogens with one attached hydrogen (secondary N) is 1. The molecule has 5 rings (SSSR count). The maximum Gasteiger partial charge on any atom is 0.293 e. The number of ether oxygens (including phenoxy) is 1. The third kappa shape index (κ3) is 4.01. The summed E-state index contributed by atoms with van der Waals surface area (Å²) in [5, 5.41) is 14.6. The quantitative estimate of drug-likeness (QED) is 0.369. The van der Waals surface area contributed by atoms with Crippen LogP contribution in [0.5, 0.6) is 0 Å². The van der Waals surface area contributed by atoms with E-state index in [4.69, 9.17) is 4.74 Å². The van der Waals surface area contributed by atoms with Gasteiger partial charge in [0.15, 0.2) is 0 Å². The number of nitro groups is 1. The number of para-hydroxylation sites is 3. The second-order valence-corrected chi connectivity index (χ2v) is 7.61. The molecule has 1 aliphatic rings. The lowest BCUT2D eigenvalue weighted by Gasteiger charge is -2.28. The van der Waals surface area contributed by atoms with E-state index >= 15 is 0 Å². The molecule has 1 saturated heterocycles. The van der Waals surface area contributed by atoms with E-state index in [9.17, 15) is 14.9 Å². The van der Waals surface area contributed by atoms with Crippen molar-refractivity contribution in [3.63, 3.8) is 0 Å². The minimum atomic E-state index is -0.473. The Morgan fingerprint density at radius 1 is 1.00 bits per heavy atom. The summed E-state index contributed by atoms with van der Waals surface area (Å²) in [7, 11) is 0. The molecule has 9 nitrogen and oxygen atoms in total. The van der Waals surface area contributed by atoms with Crippen LogP contribution in [0, 0.1) is 10.1 Å². The van der Waals surface area contributed by atoms with Gasteiger partial charge in [0.05, 0.1) is 29.2 Å². The normalized spacial score (nSPS) is 13.8. The second-order valence-electron chi connectivity index (χ2n) is 7.61. The van der Waals surface area contributed by atoms with Crippen molar-refractivity contribution in [1.82, 2.24) is 9.55 Å². The molecule has 0 unspecified atom stereocenters. The predicted molar refractivity (Wildman–Crippen MR) is 125 cm³/mol. The number of imidazole rings is 1. The van der Waals surface area contributed by atoms with Crippen molar-refractivity contribution in [2.24, 2.45) is 0 Å². The molecule has 166 valence electrons. The molecule has 0 bridgehead atoms. The van der Waals surface area contributed by atoms with Crippen LogP contribution in [0.4, 0.5) is 17.3 Å². The van der Waals surface area contributed by atoms with E-state index < -0.39 is 10.8 Å². The number of carbonyl (C=O) groups excluding carboxylic acids is 1. The van der Waals surface area contributed by atoms with Crippen LogP contribution in [0.2, 0.25) is 0 Å². The molecule has 3 aromatic carbocycles. The Kier molecular flexibility index (Phi) is 5.45. The minimum absolute atomic E-state index is 0.110. The van der Waals surface area contributed by atoms with Gasteiger partial charge in [-0.2, -0.15) is 0 Å². The maximum atomic E-state index is 13.1. The van der Waals surface area contributed by atoms with E-state index in [-0.39, 0.29) is 11.3 Å². The topological polar surface area (TPSA) is 103 Å². The number of aromatic nitrogens is 2. The zero-order valence-electron chi connectivity index (χ0n) is 17.7. The van der Waals surface area contributed by atoms with Crippen LogP contribution >= 0.6 is 0 Å². The average Bonchev–Trinajstić information content (AvgIpc) is 3.22. The first-order chi connectivity index (χ1) is 16.1. The number of amides is 1. The maximum absolute atomic E-state index is 13.1. The number of carbonyl (C=O) groups is 1. The zero-order valence-corrected chi connectivity index (χ0v) is 17.7. The molecule has 1 N–H and O–H groups in total. The number of morpholine rings is 1. The fraction of sp³-hybridized carbons (Fsp3) is 0.167. The zero-order chi connectivity index (χ0) is 22.8. The highest BCUT2D eigenvalue weighted by Crippen LogP contribution is 2.31. The summed E-state index contributed by atoms with van der Waals surface area (Å²) < 4.78 is 7.19. The van der Waals surface area contributed by atoms with Gasteiger partial charge < -0.3 is 9.64 Å². The van der Waals surface area contributed by atoms with Crippen molar-refractivity contribution < 1.29 is 14.5 Å². The molecule has 1 aliphatic heterocycles. The SMILES string of the molecule is O=C(Nc1nc2ccccc2n1-c1ccccc1)c1ccc(N2CCOCC2)c([N+](=O)[O-])c1. The third-order valence-electron chi connectivity index (χ3n) is 5.59. The Morgan fingerprint density at radius 2 is 1.73 bits per heavy atom. The van der Waals surface area contributed by atoms with E-state index in [1.165, 1.54) is 6.07 Å². The van der Waals surface area contributed by atoms with Crippen molar-refractivity contribution in [2.75, 3.05) is 36.5 Å². The number of rotatable bonds is 5. The summed E-state index contributed by atoms with van der Waals surface area (Å²) in [4.78, 5) is 30.9. The standard InChI is InChI=1S/C24H21N5O4/c30-23(17-10-11-21(22(16-17)29(31)32)27-12-14-33-15-13-27)26-24-25-19-8-4-5-9-20(19)28(24)18-6-2-1-3-7-18/h1-11,16H,12-15H2,(H,25,26,30). The molecule has 1 aromatic heterocycles. The summed E-state index contributed by atoms with van der Waals surface area (Å²) in [6, 6.07) is 21.7. The molecule has 0 radical (unpaired) electrons. The average molecular weight is 443 g/mol. The van der Waals surface area contributed by atoms with Crippen LogP contribution in [0.3, 0.4) is 0 Å². The highest BCUT2D eigenvalue weighted by Gasteiger charge is 2.24. The number of fused-ring (bicyclic) bond motifs is 1. The molecule has 0 spiro atoms. The predicted octanol–water partition coefficient (Wildman–Crippen LogP) is 4.02. The molecule has 33 heavy (non-hydrogen) atoms. The summed E-state index contributed by atoms with van der Waals surface area (Å²) >= 11 is 0. The van der Waals surface area contributed by atoms with Gasteiger partial charge in [-0.3, -0.25) is 24.8 Å². The fourth-order valence-corrected chi connectivity index (χ4v) is 4.00. The van der Waals surface area contributed by atoms with Crippen LogP contribution in [0.1, 0.15) is 10.4 Å². The highest BCUT2D eigenvalue weighted by molar-refractivity contribution is 6.05. The van der Waals surface area contributed by atoms with E-state index in [1.54, 1.807) is 12.1 Å². The minimum Gasteiger partial charge on any atom is -0.378 e. The number of hydrogen-bond acceptors (Lipinski definition) is 6. The summed E-state index contributed by atoms with van der Waals surface area (Å²) in [5.41, 5.74) is 2.97. The first kappa shape index (κ1) is 20.7. The Hall–Kier alpha value is -4.24. The fourth-order valence-electron chi connectivity index (χ4n) is 4.00. The summed E-state index contributed by atoms with van der Waals surface area (Å²) in [6.45, 7) is 2.14. The molecule has 4 aromatic rings. The van der Waals surface area contributed by atoms with Crippen molar-refractivity contribution in [3.05, 3.63) is 88.5 Å². The lowest BCUT2D eigenvalue weighted by atomic mass is 10.1. The summed E-state index contributed by atoms with van der Waals surface area (Å²) in [5.74, 6) is -0.133. The molecule has 9 heteroatoms. The van der Waals surface area contributed by atoms with Crippen LogP contribution in [0.25, 0.3) is 16.7 Å². The molecule has 0 atom stereocenters. The first-order valence-electron chi connectivity index (χ1n) is 10.6. The van der Waals surface area contributed by atoms with Gasteiger partial charge in [-0.1, -0.05) is 30.3 Å². The van der Waals surface area contributed by atoms with Crippen LogP contribution in [-0.2, 0) is 4.74 Å². The smallest absolute Gasteiger partial charge is 0.293 e.